The average molecular weight is 206 g/mol. The SMILES string of the molecule is O=C1C=CN(SNc2ccccc2)C1. The fourth-order valence-electron chi connectivity index (χ4n) is 1.11. The van der Waals surface area contributed by atoms with Crippen molar-refractivity contribution in [3.63, 3.8) is 0 Å². The summed E-state index contributed by atoms with van der Waals surface area (Å²) in [4.78, 5) is 10.9. The lowest BCUT2D eigenvalue weighted by Gasteiger charge is -2.13. The van der Waals surface area contributed by atoms with E-state index >= 15 is 0 Å². The molecule has 0 radical (unpaired) electrons. The van der Waals surface area contributed by atoms with E-state index in [1.807, 2.05) is 34.6 Å². The van der Waals surface area contributed by atoms with Crippen molar-refractivity contribution in [1.82, 2.24) is 4.31 Å². The van der Waals surface area contributed by atoms with Crippen LogP contribution in [0.1, 0.15) is 0 Å². The average Bonchev–Trinajstić information content (AvgIpc) is 2.63. The summed E-state index contributed by atoms with van der Waals surface area (Å²) in [6.45, 7) is 0.449. The van der Waals surface area contributed by atoms with Gasteiger partial charge in [0.15, 0.2) is 5.78 Å². The Morgan fingerprint density at radius 2 is 2.07 bits per heavy atom. The molecular formula is C10H10N2OS. The Hall–Kier alpha value is -1.42. The van der Waals surface area contributed by atoms with Gasteiger partial charge in [0.1, 0.15) is 0 Å². The number of para-hydroxylation sites is 1. The molecule has 3 nitrogen and oxygen atoms in total. The zero-order valence-corrected chi connectivity index (χ0v) is 8.33. The zero-order chi connectivity index (χ0) is 9.80. The summed E-state index contributed by atoms with van der Waals surface area (Å²) in [7, 11) is 0. The van der Waals surface area contributed by atoms with Crippen LogP contribution in [-0.4, -0.2) is 16.6 Å². The number of hydrogen-bond acceptors (Lipinski definition) is 4. The normalized spacial score (nSPS) is 14.9. The molecule has 1 aromatic rings. The van der Waals surface area contributed by atoms with Crippen molar-refractivity contribution in [3.05, 3.63) is 42.6 Å². The molecule has 0 aromatic heterocycles. The second-order valence-electron chi connectivity index (χ2n) is 2.92. The number of hydrogen-bond donors (Lipinski definition) is 1. The molecule has 2 rings (SSSR count). The molecule has 0 spiro atoms. The minimum Gasteiger partial charge on any atom is -0.312 e. The lowest BCUT2D eigenvalue weighted by molar-refractivity contribution is -0.113. The summed E-state index contributed by atoms with van der Waals surface area (Å²) < 4.78 is 5.00. The summed E-state index contributed by atoms with van der Waals surface area (Å²) in [5.74, 6) is 0.146. The predicted octanol–water partition coefficient (Wildman–Crippen LogP) is 2.06. The van der Waals surface area contributed by atoms with Crippen LogP contribution in [0, 0.1) is 0 Å². The van der Waals surface area contributed by atoms with Gasteiger partial charge < -0.3 is 4.72 Å². The lowest BCUT2D eigenvalue weighted by atomic mass is 10.3. The molecule has 1 aromatic carbocycles. The van der Waals surface area contributed by atoms with E-state index in [2.05, 4.69) is 4.72 Å². The predicted molar refractivity (Wildman–Crippen MR) is 58.5 cm³/mol. The molecule has 0 bridgehead atoms. The highest BCUT2D eigenvalue weighted by molar-refractivity contribution is 7.98. The van der Waals surface area contributed by atoms with Crippen LogP contribution in [0.5, 0.6) is 0 Å². The molecule has 0 amide bonds. The molecule has 0 saturated heterocycles. The monoisotopic (exact) mass is 206 g/mol. The van der Waals surface area contributed by atoms with Gasteiger partial charge in [-0.2, -0.15) is 0 Å². The maximum atomic E-state index is 10.9. The van der Waals surface area contributed by atoms with Crippen LogP contribution >= 0.6 is 12.1 Å². The van der Waals surface area contributed by atoms with E-state index in [-0.39, 0.29) is 5.78 Å². The van der Waals surface area contributed by atoms with Crippen molar-refractivity contribution in [2.24, 2.45) is 0 Å². The number of rotatable bonds is 3. The van der Waals surface area contributed by atoms with Gasteiger partial charge in [-0.3, -0.25) is 9.10 Å². The molecule has 1 aliphatic rings. The van der Waals surface area contributed by atoms with E-state index < -0.39 is 0 Å². The number of ketones is 1. The lowest BCUT2D eigenvalue weighted by Crippen LogP contribution is -2.12. The minimum absolute atomic E-state index is 0.146. The molecule has 0 saturated carbocycles. The van der Waals surface area contributed by atoms with Gasteiger partial charge in [0.2, 0.25) is 0 Å². The van der Waals surface area contributed by atoms with Crippen molar-refractivity contribution in [2.45, 2.75) is 0 Å². The number of benzene rings is 1. The summed E-state index contributed by atoms with van der Waals surface area (Å²) in [6.07, 6.45) is 3.36. The molecule has 1 N–H and O–H groups in total. The van der Waals surface area contributed by atoms with Gasteiger partial charge in [0.05, 0.1) is 18.7 Å². The number of carbonyl (C=O) groups is 1. The number of carbonyl (C=O) groups excluding carboxylic acids is 1. The fourth-order valence-corrected chi connectivity index (χ4v) is 1.78. The third-order valence-corrected chi connectivity index (χ3v) is 2.61. The topological polar surface area (TPSA) is 32.3 Å². The standard InChI is InChI=1S/C10H10N2OS/c13-10-6-7-12(8-10)14-11-9-4-2-1-3-5-9/h1-7,11H,8H2. The van der Waals surface area contributed by atoms with Gasteiger partial charge in [-0.25, -0.2) is 0 Å². The third kappa shape index (κ3) is 2.29. The maximum Gasteiger partial charge on any atom is 0.177 e. The van der Waals surface area contributed by atoms with Gasteiger partial charge in [-0.05, 0) is 18.2 Å². The molecule has 0 atom stereocenters. The molecule has 72 valence electrons. The Morgan fingerprint density at radius 1 is 1.29 bits per heavy atom. The first kappa shape index (κ1) is 9.15. The van der Waals surface area contributed by atoms with E-state index in [4.69, 9.17) is 0 Å². The molecule has 0 unspecified atom stereocenters. The van der Waals surface area contributed by atoms with E-state index in [1.54, 1.807) is 12.3 Å². The quantitative estimate of drug-likeness (QED) is 0.767. The Labute approximate surface area is 87.1 Å². The Bertz CT molecular complexity index is 350. The highest BCUT2D eigenvalue weighted by atomic mass is 32.2. The summed E-state index contributed by atoms with van der Waals surface area (Å²) in [5.41, 5.74) is 1.03. The van der Waals surface area contributed by atoms with E-state index in [0.29, 0.717) is 6.54 Å². The Kier molecular flexibility index (Phi) is 2.74. The number of nitrogens with one attached hydrogen (secondary N) is 1. The molecular weight excluding hydrogens is 196 g/mol. The highest BCUT2D eigenvalue weighted by Gasteiger charge is 2.11. The van der Waals surface area contributed by atoms with Crippen molar-refractivity contribution in [2.75, 3.05) is 11.3 Å². The van der Waals surface area contributed by atoms with Crippen LogP contribution in [0.2, 0.25) is 0 Å². The summed E-state index contributed by atoms with van der Waals surface area (Å²) in [5, 5.41) is 0. The fraction of sp³-hybridized carbons (Fsp3) is 0.100. The first-order valence-electron chi connectivity index (χ1n) is 4.30. The van der Waals surface area contributed by atoms with Gasteiger partial charge in [-0.15, -0.1) is 0 Å². The molecule has 1 heterocycles. The smallest absolute Gasteiger partial charge is 0.177 e. The molecule has 4 heteroatoms. The number of anilines is 1. The van der Waals surface area contributed by atoms with Gasteiger partial charge >= 0.3 is 0 Å². The van der Waals surface area contributed by atoms with E-state index in [1.165, 1.54) is 12.1 Å². The molecule has 14 heavy (non-hydrogen) atoms. The first-order chi connectivity index (χ1) is 6.84. The Balaban J connectivity index is 1.84. The largest absolute Gasteiger partial charge is 0.312 e. The third-order valence-electron chi connectivity index (χ3n) is 1.79. The summed E-state index contributed by atoms with van der Waals surface area (Å²) >= 11 is 1.42. The van der Waals surface area contributed by atoms with Crippen LogP contribution < -0.4 is 4.72 Å². The Morgan fingerprint density at radius 3 is 2.71 bits per heavy atom. The van der Waals surface area contributed by atoms with Crippen molar-refractivity contribution in [1.29, 1.82) is 0 Å². The highest BCUT2D eigenvalue weighted by Crippen LogP contribution is 2.18. The van der Waals surface area contributed by atoms with Gasteiger partial charge in [0.25, 0.3) is 0 Å². The first-order valence-corrected chi connectivity index (χ1v) is 5.07. The van der Waals surface area contributed by atoms with Gasteiger partial charge in [-0.1, -0.05) is 18.2 Å². The molecule has 1 aliphatic heterocycles. The van der Waals surface area contributed by atoms with Crippen LogP contribution in [0.15, 0.2) is 42.6 Å². The summed E-state index contributed by atoms with van der Waals surface area (Å²) in [6, 6.07) is 9.86. The van der Waals surface area contributed by atoms with E-state index in [0.717, 1.165) is 5.69 Å². The van der Waals surface area contributed by atoms with Crippen molar-refractivity contribution in [3.8, 4) is 0 Å². The molecule has 0 aliphatic carbocycles. The minimum atomic E-state index is 0.146. The van der Waals surface area contributed by atoms with Crippen LogP contribution in [0.25, 0.3) is 0 Å². The van der Waals surface area contributed by atoms with Crippen LogP contribution in [0.4, 0.5) is 5.69 Å². The maximum absolute atomic E-state index is 10.9. The van der Waals surface area contributed by atoms with E-state index in [9.17, 15) is 4.79 Å². The van der Waals surface area contributed by atoms with Crippen molar-refractivity contribution >= 4 is 23.6 Å². The second kappa shape index (κ2) is 4.19. The van der Waals surface area contributed by atoms with Crippen LogP contribution in [-0.2, 0) is 4.79 Å². The zero-order valence-electron chi connectivity index (χ0n) is 7.51. The van der Waals surface area contributed by atoms with Crippen LogP contribution in [0.3, 0.4) is 0 Å². The number of nitrogens with zero attached hydrogens (tertiary/aromatic N) is 1. The van der Waals surface area contributed by atoms with Gasteiger partial charge in [0, 0.05) is 11.9 Å². The van der Waals surface area contributed by atoms with Crippen molar-refractivity contribution < 1.29 is 4.79 Å². The molecule has 0 fully saturated rings. The second-order valence-corrected chi connectivity index (χ2v) is 3.77.